The van der Waals surface area contributed by atoms with Crippen LogP contribution >= 0.6 is 34.6 Å². The first-order valence-corrected chi connectivity index (χ1v) is 7.86. The van der Waals surface area contributed by atoms with Crippen LogP contribution in [0.15, 0.2) is 17.2 Å². The Balaban J connectivity index is 0.00000289. The zero-order valence-corrected chi connectivity index (χ0v) is 14.9. The van der Waals surface area contributed by atoms with Crippen LogP contribution in [0.25, 0.3) is 0 Å². The average molecular weight is 416 g/mol. The molecule has 1 aromatic heterocycles. The molecule has 0 fully saturated rings. The maximum Gasteiger partial charge on any atom is 1.00 e. The molecule has 1 aromatic rings. The Morgan fingerprint density at radius 3 is 2.83 bits per heavy atom. The van der Waals surface area contributed by atoms with Crippen LogP contribution in [0.1, 0.15) is 0 Å². The molecule has 1 heterocycles. The van der Waals surface area contributed by atoms with Crippen LogP contribution in [0.2, 0.25) is 0 Å². The van der Waals surface area contributed by atoms with E-state index in [4.69, 9.17) is 0 Å². The topological polar surface area (TPSA) is 111 Å². The van der Waals surface area contributed by atoms with Crippen molar-refractivity contribution < 1.29 is 56.8 Å². The second-order valence-corrected chi connectivity index (χ2v) is 6.03. The molecule has 0 atom stereocenters. The third kappa shape index (κ3) is 7.40. The average Bonchev–Trinajstić information content (AvgIpc) is 2.26. The maximum absolute atomic E-state index is 11.3. The van der Waals surface area contributed by atoms with Crippen molar-refractivity contribution in [3.63, 3.8) is 0 Å². The SMILES string of the molecule is O=S(=O)(CCI)Oc1cc(SOO[O-])cnn1.[Na+]. The Bertz CT molecular complexity index is 461. The first-order chi connectivity index (χ1) is 8.07. The van der Waals surface area contributed by atoms with Crippen LogP contribution in [0.5, 0.6) is 5.88 Å². The molecule has 0 radical (unpaired) electrons. The van der Waals surface area contributed by atoms with Gasteiger partial charge in [-0.3, -0.25) is 5.04 Å². The molecule has 0 spiro atoms. The van der Waals surface area contributed by atoms with Gasteiger partial charge in [0.15, 0.2) is 0 Å². The minimum atomic E-state index is -3.68. The summed E-state index contributed by atoms with van der Waals surface area (Å²) in [5, 5.41) is 19.7. The van der Waals surface area contributed by atoms with Crippen molar-refractivity contribution in [3.05, 3.63) is 12.3 Å². The van der Waals surface area contributed by atoms with Gasteiger partial charge in [0.1, 0.15) is 0 Å². The van der Waals surface area contributed by atoms with Gasteiger partial charge in [-0.15, -0.1) is 5.10 Å². The molecule has 8 nitrogen and oxygen atoms in total. The van der Waals surface area contributed by atoms with Gasteiger partial charge in [0, 0.05) is 10.5 Å². The molecule has 0 N–H and O–H groups in total. The van der Waals surface area contributed by atoms with Crippen LogP contribution in [0.3, 0.4) is 0 Å². The molecular formula is C6H6IN2NaO6S2. The molecule has 0 saturated heterocycles. The van der Waals surface area contributed by atoms with Crippen molar-refractivity contribution in [2.24, 2.45) is 0 Å². The van der Waals surface area contributed by atoms with Gasteiger partial charge in [0.2, 0.25) is 0 Å². The van der Waals surface area contributed by atoms with Crippen LogP contribution in [-0.2, 0) is 19.5 Å². The minimum Gasteiger partial charge on any atom is -0.691 e. The number of alkyl halides is 1. The largest absolute Gasteiger partial charge is 1.00 e. The number of hydrogen-bond donors (Lipinski definition) is 0. The fraction of sp³-hybridized carbons (Fsp3) is 0.333. The van der Waals surface area contributed by atoms with Crippen molar-refractivity contribution in [1.82, 2.24) is 10.2 Å². The molecular weight excluding hydrogens is 410 g/mol. The van der Waals surface area contributed by atoms with E-state index < -0.39 is 10.1 Å². The third-order valence-electron chi connectivity index (χ3n) is 1.30. The number of hydrogen-bond acceptors (Lipinski definition) is 9. The summed E-state index contributed by atoms with van der Waals surface area (Å²) in [6, 6.07) is 1.25. The minimum absolute atomic E-state index is 0. The fourth-order valence-electron chi connectivity index (χ4n) is 0.736. The van der Waals surface area contributed by atoms with Gasteiger partial charge < -0.3 is 9.44 Å². The van der Waals surface area contributed by atoms with Crippen molar-refractivity contribution >= 4 is 44.8 Å². The van der Waals surface area contributed by atoms with Gasteiger partial charge in [-0.05, 0) is 0 Å². The number of nitrogens with zero attached hydrogens (tertiary/aromatic N) is 2. The predicted molar refractivity (Wildman–Crippen MR) is 63.4 cm³/mol. The summed E-state index contributed by atoms with van der Waals surface area (Å²) in [7, 11) is -3.68. The molecule has 96 valence electrons. The Hall–Kier alpha value is 0.790. The molecule has 0 amide bonds. The smallest absolute Gasteiger partial charge is 0.691 e. The molecule has 0 aliphatic carbocycles. The van der Waals surface area contributed by atoms with Gasteiger partial charge in [-0.25, -0.2) is 0 Å². The number of aromatic nitrogens is 2. The Morgan fingerprint density at radius 1 is 1.50 bits per heavy atom. The standard InChI is InChI=1S/C6H7IN2O6S2.Na/c7-1-2-17(11,12)13-6-3-5(4-8-9-6)16-15-14-10;/h3-4,10H,1-2H2;/q;+1/p-1. The summed E-state index contributed by atoms with van der Waals surface area (Å²) in [6.45, 7) is 0. The van der Waals surface area contributed by atoms with Gasteiger partial charge in [0.25, 0.3) is 5.88 Å². The van der Waals surface area contributed by atoms with E-state index in [1.54, 1.807) is 0 Å². The van der Waals surface area contributed by atoms with E-state index in [0.29, 0.717) is 21.4 Å². The zero-order chi connectivity index (χ0) is 12.7. The summed E-state index contributed by atoms with van der Waals surface area (Å²) in [5.41, 5.74) is 0. The fourth-order valence-corrected chi connectivity index (χ4v) is 3.31. The van der Waals surface area contributed by atoms with E-state index >= 15 is 0 Å². The molecule has 0 unspecified atom stereocenters. The molecule has 12 heteroatoms. The van der Waals surface area contributed by atoms with Crippen molar-refractivity contribution in [1.29, 1.82) is 0 Å². The third-order valence-corrected chi connectivity index (χ3v) is 4.24. The normalized spacial score (nSPS) is 10.8. The summed E-state index contributed by atoms with van der Waals surface area (Å²) in [5.74, 6) is -0.332. The predicted octanol–water partition coefficient (Wildman–Crippen LogP) is -3.15. The molecule has 0 aliphatic rings. The summed E-state index contributed by atoms with van der Waals surface area (Å²) in [4.78, 5) is 0.315. The Morgan fingerprint density at radius 2 is 2.22 bits per heavy atom. The quantitative estimate of drug-likeness (QED) is 0.0866. The van der Waals surface area contributed by atoms with E-state index in [-0.39, 0.29) is 41.2 Å². The Kier molecular flexibility index (Phi) is 10.1. The van der Waals surface area contributed by atoms with E-state index in [1.165, 1.54) is 12.3 Å². The van der Waals surface area contributed by atoms with Gasteiger partial charge in [-0.1, -0.05) is 22.6 Å². The van der Waals surface area contributed by atoms with Crippen molar-refractivity contribution in [2.45, 2.75) is 4.90 Å². The van der Waals surface area contributed by atoms with E-state index in [2.05, 4.69) is 23.8 Å². The van der Waals surface area contributed by atoms with Crippen LogP contribution in [-0.4, -0.2) is 28.8 Å². The van der Waals surface area contributed by atoms with Crippen molar-refractivity contribution in [3.8, 4) is 5.88 Å². The van der Waals surface area contributed by atoms with Crippen LogP contribution in [0, 0.1) is 0 Å². The monoisotopic (exact) mass is 416 g/mol. The molecule has 0 saturated carbocycles. The molecule has 1 rings (SSSR count). The maximum atomic E-state index is 11.3. The molecule has 0 aliphatic heterocycles. The van der Waals surface area contributed by atoms with E-state index in [9.17, 15) is 13.7 Å². The molecule has 0 aromatic carbocycles. The van der Waals surface area contributed by atoms with Gasteiger partial charge >= 0.3 is 39.7 Å². The van der Waals surface area contributed by atoms with Gasteiger partial charge in [-0.2, -0.15) is 17.9 Å². The van der Waals surface area contributed by atoms with Gasteiger partial charge in [0.05, 0.1) is 28.9 Å². The van der Waals surface area contributed by atoms with Crippen molar-refractivity contribution in [2.75, 3.05) is 10.2 Å². The first-order valence-electron chi connectivity index (χ1n) is 4.01. The zero-order valence-electron chi connectivity index (χ0n) is 9.11. The molecule has 0 bridgehead atoms. The molecule has 18 heavy (non-hydrogen) atoms. The Labute approximate surface area is 143 Å². The number of rotatable bonds is 7. The number of halogens is 1. The summed E-state index contributed by atoms with van der Waals surface area (Å²) >= 11 is 2.47. The summed E-state index contributed by atoms with van der Waals surface area (Å²) in [6.07, 6.45) is 1.25. The van der Waals surface area contributed by atoms with Crippen LogP contribution in [0.4, 0.5) is 0 Å². The van der Waals surface area contributed by atoms with Crippen LogP contribution < -0.4 is 39.0 Å². The second-order valence-electron chi connectivity index (χ2n) is 2.48. The first kappa shape index (κ1) is 18.8. The van der Waals surface area contributed by atoms with E-state index in [0.717, 1.165) is 0 Å². The van der Waals surface area contributed by atoms with E-state index in [1.807, 2.05) is 22.6 Å². The summed E-state index contributed by atoms with van der Waals surface area (Å²) < 4.78 is 31.7. The second kappa shape index (κ2) is 9.66.